The fourth-order valence-corrected chi connectivity index (χ4v) is 0.647. The van der Waals surface area contributed by atoms with Crippen LogP contribution in [0.5, 0.6) is 0 Å². The quantitative estimate of drug-likeness (QED) is 0.594. The summed E-state index contributed by atoms with van der Waals surface area (Å²) in [4.78, 5) is 0.639. The normalized spacial score (nSPS) is 9.00. The Hall–Kier alpha value is -0.830. The van der Waals surface area contributed by atoms with Gasteiger partial charge in [-0.15, -0.1) is 0 Å². The molecule has 3 heteroatoms. The smallest absolute Gasteiger partial charge is 0.160 e. The molecular formula is C6H7NOS. The minimum atomic E-state index is 0.639. The summed E-state index contributed by atoms with van der Waals surface area (Å²) in [5.41, 5.74) is 0. The van der Waals surface area contributed by atoms with E-state index in [1.54, 1.807) is 19.4 Å². The average molecular weight is 141 g/mol. The molecule has 0 saturated heterocycles. The third kappa shape index (κ3) is 1.29. The van der Waals surface area contributed by atoms with E-state index in [4.69, 9.17) is 16.6 Å². The van der Waals surface area contributed by atoms with Crippen LogP contribution < -0.4 is 5.32 Å². The Morgan fingerprint density at radius 2 is 2.56 bits per heavy atom. The molecule has 1 aromatic rings. The summed E-state index contributed by atoms with van der Waals surface area (Å²) in [6.07, 6.45) is 1.60. The first-order valence-corrected chi connectivity index (χ1v) is 3.01. The maximum atomic E-state index is 4.98. The van der Waals surface area contributed by atoms with Crippen LogP contribution in [-0.4, -0.2) is 12.0 Å². The summed E-state index contributed by atoms with van der Waals surface area (Å²) in [7, 11) is 1.77. The molecule has 0 bridgehead atoms. The molecule has 1 aromatic heterocycles. The van der Waals surface area contributed by atoms with Crippen molar-refractivity contribution >= 4 is 17.2 Å². The third-order valence-corrected chi connectivity index (χ3v) is 1.38. The first kappa shape index (κ1) is 6.29. The van der Waals surface area contributed by atoms with Gasteiger partial charge in [-0.25, -0.2) is 0 Å². The molecule has 0 saturated carbocycles. The highest BCUT2D eigenvalue weighted by Gasteiger charge is 1.97. The fourth-order valence-electron chi connectivity index (χ4n) is 0.531. The lowest BCUT2D eigenvalue weighted by Crippen LogP contribution is -2.15. The molecule has 48 valence electrons. The van der Waals surface area contributed by atoms with E-state index < -0.39 is 0 Å². The molecule has 0 unspecified atom stereocenters. The van der Waals surface area contributed by atoms with Crippen LogP contribution in [0.1, 0.15) is 5.76 Å². The van der Waals surface area contributed by atoms with Gasteiger partial charge in [-0.3, -0.25) is 0 Å². The Morgan fingerprint density at radius 1 is 1.78 bits per heavy atom. The van der Waals surface area contributed by atoms with Crippen LogP contribution in [0.4, 0.5) is 0 Å². The van der Waals surface area contributed by atoms with Gasteiger partial charge in [0.25, 0.3) is 0 Å². The van der Waals surface area contributed by atoms with E-state index in [2.05, 4.69) is 5.32 Å². The van der Waals surface area contributed by atoms with Gasteiger partial charge >= 0.3 is 0 Å². The van der Waals surface area contributed by atoms with Crippen LogP contribution in [0, 0.1) is 0 Å². The Morgan fingerprint density at radius 3 is 3.00 bits per heavy atom. The Labute approximate surface area is 58.9 Å². The van der Waals surface area contributed by atoms with E-state index in [0.717, 1.165) is 0 Å². The Balaban J connectivity index is 2.77. The van der Waals surface area contributed by atoms with Crippen molar-refractivity contribution in [2.75, 3.05) is 7.05 Å². The zero-order valence-electron chi connectivity index (χ0n) is 5.05. The molecule has 0 aliphatic carbocycles. The number of hydrogen-bond donors (Lipinski definition) is 1. The number of furan rings is 1. The topological polar surface area (TPSA) is 25.2 Å². The van der Waals surface area contributed by atoms with Crippen molar-refractivity contribution in [2.24, 2.45) is 0 Å². The highest BCUT2D eigenvalue weighted by Crippen LogP contribution is 1.99. The molecular weight excluding hydrogens is 134 g/mol. The summed E-state index contributed by atoms with van der Waals surface area (Å²) in [5, 5.41) is 2.81. The molecule has 0 atom stereocenters. The second-order valence-electron chi connectivity index (χ2n) is 1.56. The highest BCUT2D eigenvalue weighted by atomic mass is 32.1. The molecule has 1 heterocycles. The molecule has 0 radical (unpaired) electrons. The molecule has 0 spiro atoms. The lowest BCUT2D eigenvalue weighted by atomic mass is 10.4. The van der Waals surface area contributed by atoms with E-state index in [1.165, 1.54) is 0 Å². The van der Waals surface area contributed by atoms with Crippen molar-refractivity contribution in [1.82, 2.24) is 5.32 Å². The highest BCUT2D eigenvalue weighted by molar-refractivity contribution is 7.80. The Kier molecular flexibility index (Phi) is 1.85. The second-order valence-corrected chi connectivity index (χ2v) is 1.96. The third-order valence-electron chi connectivity index (χ3n) is 0.972. The fraction of sp³-hybridized carbons (Fsp3) is 0.167. The summed E-state index contributed by atoms with van der Waals surface area (Å²) >= 11 is 4.87. The van der Waals surface area contributed by atoms with Gasteiger partial charge in [0.1, 0.15) is 4.99 Å². The predicted molar refractivity (Wildman–Crippen MR) is 39.5 cm³/mol. The van der Waals surface area contributed by atoms with Gasteiger partial charge in [0.15, 0.2) is 5.76 Å². The van der Waals surface area contributed by atoms with Gasteiger partial charge in [-0.1, -0.05) is 12.2 Å². The van der Waals surface area contributed by atoms with Crippen LogP contribution in [0.25, 0.3) is 0 Å². The predicted octanol–water partition coefficient (Wildman–Crippen LogP) is 1.17. The molecule has 0 aromatic carbocycles. The molecule has 0 aliphatic heterocycles. The number of hydrogen-bond acceptors (Lipinski definition) is 2. The standard InChI is InChI=1S/C6H7NOS/c1-7-6(9)5-3-2-4-8-5/h2-4H,1H3,(H,7,9). The van der Waals surface area contributed by atoms with E-state index in [9.17, 15) is 0 Å². The zero-order chi connectivity index (χ0) is 6.69. The monoisotopic (exact) mass is 141 g/mol. The first-order valence-electron chi connectivity index (χ1n) is 2.60. The minimum Gasteiger partial charge on any atom is -0.462 e. The number of rotatable bonds is 1. The Bertz CT molecular complexity index is 193. The van der Waals surface area contributed by atoms with Crippen LogP contribution >= 0.6 is 12.2 Å². The first-order chi connectivity index (χ1) is 4.34. The van der Waals surface area contributed by atoms with Gasteiger partial charge in [0.05, 0.1) is 6.26 Å². The largest absolute Gasteiger partial charge is 0.462 e. The SMILES string of the molecule is CNC(=S)c1ccco1. The molecule has 2 nitrogen and oxygen atoms in total. The van der Waals surface area contributed by atoms with Crippen molar-refractivity contribution < 1.29 is 4.42 Å². The van der Waals surface area contributed by atoms with Crippen molar-refractivity contribution in [1.29, 1.82) is 0 Å². The molecule has 0 amide bonds. The second kappa shape index (κ2) is 2.64. The van der Waals surface area contributed by atoms with E-state index >= 15 is 0 Å². The molecule has 1 N–H and O–H groups in total. The lowest BCUT2D eigenvalue weighted by molar-refractivity contribution is 0.557. The number of thiocarbonyl (C=S) groups is 1. The molecule has 0 aliphatic rings. The van der Waals surface area contributed by atoms with Gasteiger partial charge in [0.2, 0.25) is 0 Å². The number of nitrogens with one attached hydrogen (secondary N) is 1. The summed E-state index contributed by atoms with van der Waals surface area (Å²) in [6, 6.07) is 3.62. The van der Waals surface area contributed by atoms with Crippen LogP contribution in [0.15, 0.2) is 22.8 Å². The van der Waals surface area contributed by atoms with Gasteiger partial charge in [0, 0.05) is 7.05 Å². The van der Waals surface area contributed by atoms with Crippen molar-refractivity contribution in [3.8, 4) is 0 Å². The molecule has 0 fully saturated rings. The summed E-state index contributed by atoms with van der Waals surface area (Å²) < 4.78 is 4.98. The van der Waals surface area contributed by atoms with Crippen LogP contribution in [0.3, 0.4) is 0 Å². The zero-order valence-corrected chi connectivity index (χ0v) is 5.87. The average Bonchev–Trinajstić information content (AvgIpc) is 2.37. The lowest BCUT2D eigenvalue weighted by Gasteiger charge is -1.94. The van der Waals surface area contributed by atoms with Crippen molar-refractivity contribution in [2.45, 2.75) is 0 Å². The van der Waals surface area contributed by atoms with E-state index in [-0.39, 0.29) is 0 Å². The molecule has 1 rings (SSSR count). The molecule has 9 heavy (non-hydrogen) atoms. The summed E-state index contributed by atoms with van der Waals surface area (Å²) in [5.74, 6) is 0.715. The van der Waals surface area contributed by atoms with Gasteiger partial charge in [-0.2, -0.15) is 0 Å². The van der Waals surface area contributed by atoms with Crippen molar-refractivity contribution in [3.05, 3.63) is 24.2 Å². The maximum Gasteiger partial charge on any atom is 0.160 e. The van der Waals surface area contributed by atoms with E-state index in [0.29, 0.717) is 10.7 Å². The van der Waals surface area contributed by atoms with Gasteiger partial charge < -0.3 is 9.73 Å². The maximum absolute atomic E-state index is 4.98. The van der Waals surface area contributed by atoms with Crippen LogP contribution in [0.2, 0.25) is 0 Å². The van der Waals surface area contributed by atoms with Crippen molar-refractivity contribution in [3.63, 3.8) is 0 Å². The minimum absolute atomic E-state index is 0.639. The van der Waals surface area contributed by atoms with Crippen LogP contribution in [-0.2, 0) is 0 Å². The summed E-state index contributed by atoms with van der Waals surface area (Å²) in [6.45, 7) is 0. The van der Waals surface area contributed by atoms with Gasteiger partial charge in [-0.05, 0) is 12.1 Å². The van der Waals surface area contributed by atoms with E-state index in [1.807, 2.05) is 6.07 Å².